The summed E-state index contributed by atoms with van der Waals surface area (Å²) in [6.45, 7) is 0. The van der Waals surface area contributed by atoms with Gasteiger partial charge in [-0.3, -0.25) is 0 Å². The van der Waals surface area contributed by atoms with E-state index in [1.807, 2.05) is 0 Å². The van der Waals surface area contributed by atoms with Crippen molar-refractivity contribution in [2.24, 2.45) is 0 Å². The molecule has 18 heavy (non-hydrogen) atoms. The lowest BCUT2D eigenvalue weighted by Gasteiger charge is -2.06. The largest absolute Gasteiger partial charge is 0.399 e. The van der Waals surface area contributed by atoms with E-state index in [0.29, 0.717) is 21.9 Å². The molecular formula is C13H10ClF2NS. The molecule has 0 bridgehead atoms. The Labute approximate surface area is 113 Å². The second kappa shape index (κ2) is 5.59. The van der Waals surface area contributed by atoms with Gasteiger partial charge in [-0.2, -0.15) is 0 Å². The molecule has 0 saturated carbocycles. The van der Waals surface area contributed by atoms with E-state index in [9.17, 15) is 8.78 Å². The molecule has 0 heterocycles. The van der Waals surface area contributed by atoms with Gasteiger partial charge in [0.05, 0.1) is 5.02 Å². The Hall–Kier alpha value is -1.26. The summed E-state index contributed by atoms with van der Waals surface area (Å²) < 4.78 is 26.3. The molecule has 5 heteroatoms. The van der Waals surface area contributed by atoms with Crippen LogP contribution in [0.2, 0.25) is 5.02 Å². The van der Waals surface area contributed by atoms with Crippen molar-refractivity contribution in [3.8, 4) is 0 Å². The van der Waals surface area contributed by atoms with Gasteiger partial charge in [-0.25, -0.2) is 8.78 Å². The Kier molecular flexibility index (Phi) is 4.09. The van der Waals surface area contributed by atoms with Gasteiger partial charge in [0.1, 0.15) is 11.6 Å². The molecule has 2 aromatic rings. The fourth-order valence-corrected chi connectivity index (χ4v) is 2.74. The quantitative estimate of drug-likeness (QED) is 0.664. The van der Waals surface area contributed by atoms with Crippen molar-refractivity contribution in [3.05, 3.63) is 58.6 Å². The topological polar surface area (TPSA) is 26.0 Å². The Balaban J connectivity index is 2.14. The minimum atomic E-state index is -0.450. The summed E-state index contributed by atoms with van der Waals surface area (Å²) >= 11 is 7.19. The summed E-state index contributed by atoms with van der Waals surface area (Å²) in [5, 5.41) is 0.106. The summed E-state index contributed by atoms with van der Waals surface area (Å²) in [5.74, 6) is -0.379. The first-order valence-electron chi connectivity index (χ1n) is 5.18. The summed E-state index contributed by atoms with van der Waals surface area (Å²) in [4.78, 5) is 0.688. The molecule has 0 spiro atoms. The number of halogens is 3. The molecule has 0 atom stereocenters. The van der Waals surface area contributed by atoms with Crippen LogP contribution in [0.25, 0.3) is 0 Å². The van der Waals surface area contributed by atoms with Gasteiger partial charge in [0.15, 0.2) is 0 Å². The van der Waals surface area contributed by atoms with E-state index in [-0.39, 0.29) is 10.8 Å². The molecule has 0 aliphatic heterocycles. The molecule has 0 aromatic heterocycles. The molecule has 2 rings (SSSR count). The number of thioether (sulfide) groups is 1. The first-order chi connectivity index (χ1) is 8.56. The molecule has 0 fully saturated rings. The smallest absolute Gasteiger partial charge is 0.142 e. The van der Waals surface area contributed by atoms with Gasteiger partial charge < -0.3 is 5.73 Å². The normalized spacial score (nSPS) is 10.6. The molecular weight excluding hydrogens is 276 g/mol. The molecule has 0 amide bonds. The Morgan fingerprint density at radius 2 is 1.94 bits per heavy atom. The third-order valence-electron chi connectivity index (χ3n) is 2.32. The molecule has 0 radical (unpaired) electrons. The van der Waals surface area contributed by atoms with E-state index in [2.05, 4.69) is 0 Å². The fourth-order valence-electron chi connectivity index (χ4n) is 1.49. The van der Waals surface area contributed by atoms with Crippen LogP contribution in [0, 0.1) is 11.6 Å². The SMILES string of the molecule is Nc1cc(F)cc(SCc2cccc(F)c2Cl)c1. The number of nitrogens with two attached hydrogens (primary N) is 1. The maximum atomic E-state index is 13.2. The van der Waals surface area contributed by atoms with Crippen LogP contribution < -0.4 is 5.73 Å². The average Bonchev–Trinajstić information content (AvgIpc) is 2.30. The van der Waals surface area contributed by atoms with Crippen molar-refractivity contribution in [1.82, 2.24) is 0 Å². The van der Waals surface area contributed by atoms with Crippen LogP contribution in [0.15, 0.2) is 41.3 Å². The van der Waals surface area contributed by atoms with Gasteiger partial charge >= 0.3 is 0 Å². The van der Waals surface area contributed by atoms with Crippen molar-refractivity contribution in [2.75, 3.05) is 5.73 Å². The minimum Gasteiger partial charge on any atom is -0.399 e. The summed E-state index contributed by atoms with van der Waals surface area (Å²) in [7, 11) is 0. The number of nitrogen functional groups attached to an aromatic ring is 1. The predicted octanol–water partition coefficient (Wildman–Crippen LogP) is 4.49. The van der Waals surface area contributed by atoms with E-state index >= 15 is 0 Å². The monoisotopic (exact) mass is 285 g/mol. The zero-order valence-corrected chi connectivity index (χ0v) is 10.9. The lowest BCUT2D eigenvalue weighted by Crippen LogP contribution is -1.89. The summed E-state index contributed by atoms with van der Waals surface area (Å²) in [5.41, 5.74) is 6.58. The van der Waals surface area contributed by atoms with Gasteiger partial charge in [0.25, 0.3) is 0 Å². The Morgan fingerprint density at radius 1 is 1.17 bits per heavy atom. The zero-order valence-electron chi connectivity index (χ0n) is 9.29. The van der Waals surface area contributed by atoms with Gasteiger partial charge in [-0.1, -0.05) is 23.7 Å². The van der Waals surface area contributed by atoms with E-state index in [1.54, 1.807) is 18.2 Å². The molecule has 0 saturated heterocycles. The van der Waals surface area contributed by atoms with Gasteiger partial charge in [-0.15, -0.1) is 11.8 Å². The lowest BCUT2D eigenvalue weighted by atomic mass is 10.2. The minimum absolute atomic E-state index is 0.106. The van der Waals surface area contributed by atoms with Crippen molar-refractivity contribution in [3.63, 3.8) is 0 Å². The second-order valence-electron chi connectivity index (χ2n) is 3.72. The highest BCUT2D eigenvalue weighted by atomic mass is 35.5. The van der Waals surface area contributed by atoms with E-state index in [0.717, 1.165) is 0 Å². The van der Waals surface area contributed by atoms with Crippen LogP contribution in [0.3, 0.4) is 0 Å². The molecule has 2 aromatic carbocycles. The first-order valence-corrected chi connectivity index (χ1v) is 6.54. The Morgan fingerprint density at radius 3 is 2.67 bits per heavy atom. The maximum absolute atomic E-state index is 13.2. The maximum Gasteiger partial charge on any atom is 0.142 e. The van der Waals surface area contributed by atoms with Crippen molar-refractivity contribution < 1.29 is 8.78 Å². The molecule has 0 aliphatic carbocycles. The van der Waals surface area contributed by atoms with Crippen molar-refractivity contribution in [2.45, 2.75) is 10.6 Å². The van der Waals surface area contributed by atoms with Gasteiger partial charge in [-0.05, 0) is 29.8 Å². The number of benzene rings is 2. The van der Waals surface area contributed by atoms with Crippen LogP contribution in [0.1, 0.15) is 5.56 Å². The predicted molar refractivity (Wildman–Crippen MR) is 71.8 cm³/mol. The molecule has 0 aliphatic rings. The first kappa shape index (κ1) is 13.2. The summed E-state index contributed by atoms with van der Waals surface area (Å²) in [6, 6.07) is 8.93. The highest BCUT2D eigenvalue weighted by Gasteiger charge is 2.07. The molecule has 94 valence electrons. The average molecular weight is 286 g/mol. The van der Waals surface area contributed by atoms with Gasteiger partial charge in [0, 0.05) is 16.3 Å². The zero-order chi connectivity index (χ0) is 13.1. The summed E-state index contributed by atoms with van der Waals surface area (Å²) in [6.07, 6.45) is 0. The second-order valence-corrected chi connectivity index (χ2v) is 5.15. The van der Waals surface area contributed by atoms with E-state index < -0.39 is 5.82 Å². The lowest BCUT2D eigenvalue weighted by molar-refractivity contribution is 0.624. The molecule has 2 N–H and O–H groups in total. The molecule has 0 unspecified atom stereocenters. The third kappa shape index (κ3) is 3.15. The third-order valence-corrected chi connectivity index (χ3v) is 3.77. The number of anilines is 1. The number of hydrogen-bond donors (Lipinski definition) is 1. The van der Waals surface area contributed by atoms with Crippen molar-refractivity contribution in [1.29, 1.82) is 0 Å². The Bertz CT molecular complexity index is 555. The van der Waals surface area contributed by atoms with Crippen LogP contribution in [0.4, 0.5) is 14.5 Å². The van der Waals surface area contributed by atoms with Crippen molar-refractivity contribution >= 4 is 29.1 Å². The number of rotatable bonds is 3. The van der Waals surface area contributed by atoms with Crippen LogP contribution in [0.5, 0.6) is 0 Å². The van der Waals surface area contributed by atoms with Gasteiger partial charge in [0.2, 0.25) is 0 Å². The highest BCUT2D eigenvalue weighted by Crippen LogP contribution is 2.29. The molecule has 1 nitrogen and oxygen atoms in total. The van der Waals surface area contributed by atoms with Crippen LogP contribution >= 0.6 is 23.4 Å². The standard InChI is InChI=1S/C13H10ClF2NS/c14-13-8(2-1-3-12(13)16)7-18-11-5-9(15)4-10(17)6-11/h1-6H,7,17H2. The van der Waals surface area contributed by atoms with E-state index in [1.165, 1.54) is 30.0 Å². The van der Waals surface area contributed by atoms with Crippen LogP contribution in [-0.2, 0) is 5.75 Å². The number of hydrogen-bond acceptors (Lipinski definition) is 2. The highest BCUT2D eigenvalue weighted by molar-refractivity contribution is 7.98. The fraction of sp³-hybridized carbons (Fsp3) is 0.0769. The van der Waals surface area contributed by atoms with Crippen LogP contribution in [-0.4, -0.2) is 0 Å². The van der Waals surface area contributed by atoms with E-state index in [4.69, 9.17) is 17.3 Å².